The molecule has 0 bridgehead atoms. The molecule has 2 heterocycles. The normalized spacial score (nSPS) is 16.9. The van der Waals surface area contributed by atoms with Gasteiger partial charge in [0, 0.05) is 22.7 Å². The lowest BCUT2D eigenvalue weighted by atomic mass is 10.2. The van der Waals surface area contributed by atoms with Crippen LogP contribution in [0.25, 0.3) is 10.9 Å². The highest BCUT2D eigenvalue weighted by Crippen LogP contribution is 2.34. The maximum absolute atomic E-state index is 11.4. The minimum atomic E-state index is -0.988. The topological polar surface area (TPSA) is 45.2 Å². The summed E-state index contributed by atoms with van der Waals surface area (Å²) in [5.74, 6) is 0. The minimum absolute atomic E-state index is 0.626. The number of nitrogens with one attached hydrogen (secondary N) is 1. The van der Waals surface area contributed by atoms with Crippen molar-refractivity contribution in [1.82, 2.24) is 4.98 Å². The van der Waals surface area contributed by atoms with Crippen molar-refractivity contribution in [1.29, 1.82) is 0 Å². The monoisotopic (exact) mass is 250 g/mol. The molecule has 3 nitrogen and oxygen atoms in total. The fourth-order valence-electron chi connectivity index (χ4n) is 1.83. The number of aliphatic imine (C=N–C) groups is 1. The van der Waals surface area contributed by atoms with Crippen molar-refractivity contribution in [3.8, 4) is 0 Å². The van der Waals surface area contributed by atoms with E-state index in [-0.39, 0.29) is 0 Å². The van der Waals surface area contributed by atoms with E-state index in [1.165, 1.54) is 22.7 Å². The van der Waals surface area contributed by atoms with Crippen molar-refractivity contribution in [3.63, 3.8) is 0 Å². The zero-order valence-electron chi connectivity index (χ0n) is 8.69. The molecule has 3 rings (SSSR count). The fourth-order valence-corrected chi connectivity index (χ4v) is 3.56. The number of para-hydroxylation sites is 1. The predicted octanol–water partition coefficient (Wildman–Crippen LogP) is 2.51. The Kier molecular flexibility index (Phi) is 2.37. The molecule has 1 N–H and O–H groups in total. The Morgan fingerprint density at radius 3 is 3.06 bits per heavy atom. The second-order valence-electron chi connectivity index (χ2n) is 3.62. The molecule has 0 radical (unpaired) electrons. The third kappa shape index (κ3) is 1.51. The molecule has 0 amide bonds. The minimum Gasteiger partial charge on any atom is -0.349 e. The smallest absolute Gasteiger partial charge is 0.161 e. The Hall–Kier alpha value is -1.07. The Balaban J connectivity index is 2.13. The molecule has 1 atom stereocenters. The van der Waals surface area contributed by atoms with E-state index in [1.807, 2.05) is 12.1 Å². The number of H-pyrrole nitrogens is 1. The van der Waals surface area contributed by atoms with Crippen LogP contribution < -0.4 is 0 Å². The highest BCUT2D eigenvalue weighted by atomic mass is 32.2. The Bertz CT molecular complexity index is 615. The molecule has 1 aliphatic heterocycles. The largest absolute Gasteiger partial charge is 0.349 e. The lowest BCUT2D eigenvalue weighted by Gasteiger charge is -2.09. The molecule has 0 saturated carbocycles. The van der Waals surface area contributed by atoms with Crippen LogP contribution in [0.3, 0.4) is 0 Å². The van der Waals surface area contributed by atoms with E-state index in [0.29, 0.717) is 10.9 Å². The van der Waals surface area contributed by atoms with E-state index >= 15 is 0 Å². The van der Waals surface area contributed by atoms with Crippen LogP contribution in [-0.4, -0.2) is 19.8 Å². The molecular formula is C11H10N2OS2. The first-order valence-electron chi connectivity index (χ1n) is 4.91. The number of benzene rings is 1. The number of hydrogen-bond donors (Lipinski definition) is 1. The summed E-state index contributed by atoms with van der Waals surface area (Å²) in [6.07, 6.45) is 1.67. The molecular weight excluding hydrogens is 240 g/mol. The van der Waals surface area contributed by atoms with Gasteiger partial charge in [-0.3, -0.25) is 9.20 Å². The van der Waals surface area contributed by atoms with Gasteiger partial charge in [-0.15, -0.1) is 0 Å². The summed E-state index contributed by atoms with van der Waals surface area (Å²) in [6, 6.07) is 8.18. The first-order valence-corrected chi connectivity index (χ1v) is 7.28. The maximum Gasteiger partial charge on any atom is 0.161 e. The maximum atomic E-state index is 11.4. The Labute approximate surface area is 99.8 Å². The number of fused-ring (bicyclic) bond motifs is 3. The average molecular weight is 250 g/mol. The van der Waals surface area contributed by atoms with Gasteiger partial charge in [-0.1, -0.05) is 18.2 Å². The van der Waals surface area contributed by atoms with Crippen LogP contribution in [0.5, 0.6) is 0 Å². The van der Waals surface area contributed by atoms with Crippen molar-refractivity contribution >= 4 is 37.8 Å². The number of rotatable bonds is 0. The lowest BCUT2D eigenvalue weighted by molar-refractivity contribution is 0.693. The van der Waals surface area contributed by atoms with E-state index < -0.39 is 10.8 Å². The number of thioether (sulfide) groups is 1. The molecule has 0 aliphatic carbocycles. The van der Waals surface area contributed by atoms with Crippen molar-refractivity contribution < 1.29 is 4.21 Å². The molecule has 0 saturated heterocycles. The lowest BCUT2D eigenvalue weighted by Crippen LogP contribution is -2.06. The summed E-state index contributed by atoms with van der Waals surface area (Å²) in [6.45, 7) is 0.626. The summed E-state index contributed by atoms with van der Waals surface area (Å²) < 4.78 is 12.1. The predicted molar refractivity (Wildman–Crippen MR) is 69.4 cm³/mol. The number of hydrogen-bond acceptors (Lipinski definition) is 3. The summed E-state index contributed by atoms with van der Waals surface area (Å²) in [5, 5.41) is 2.30. The van der Waals surface area contributed by atoms with Crippen LogP contribution in [0.4, 0.5) is 0 Å². The summed E-state index contributed by atoms with van der Waals surface area (Å²) >= 11 is 1.49. The third-order valence-corrected chi connectivity index (χ3v) is 5.01. The van der Waals surface area contributed by atoms with Gasteiger partial charge in [-0.2, -0.15) is 0 Å². The number of aromatic amines is 1. The second-order valence-corrected chi connectivity index (χ2v) is 6.17. The molecule has 1 aliphatic rings. The highest BCUT2D eigenvalue weighted by Gasteiger charge is 2.19. The van der Waals surface area contributed by atoms with Gasteiger partial charge in [0.2, 0.25) is 0 Å². The second kappa shape index (κ2) is 3.75. The van der Waals surface area contributed by atoms with Crippen LogP contribution in [0, 0.1) is 0 Å². The van der Waals surface area contributed by atoms with Crippen LogP contribution >= 0.6 is 11.8 Å². The van der Waals surface area contributed by atoms with Crippen LogP contribution in [0.1, 0.15) is 5.56 Å². The standard InChI is InChI=1S/C11H10N2OS2/c1-16(14)11-12-6-8-7-4-2-3-5-9(7)13-10(8)15-11/h2-5,13H,6H2,1H3. The zero-order valence-corrected chi connectivity index (χ0v) is 10.3. The first kappa shape index (κ1) is 10.1. The van der Waals surface area contributed by atoms with Crippen molar-refractivity contribution in [3.05, 3.63) is 29.8 Å². The number of aromatic nitrogens is 1. The first-order chi connectivity index (χ1) is 7.75. The fraction of sp³-hybridized carbons (Fsp3) is 0.182. The molecule has 82 valence electrons. The van der Waals surface area contributed by atoms with Gasteiger partial charge in [0.25, 0.3) is 0 Å². The zero-order chi connectivity index (χ0) is 11.1. The molecule has 1 aromatic carbocycles. The van der Waals surface area contributed by atoms with Crippen LogP contribution in [0.2, 0.25) is 0 Å². The van der Waals surface area contributed by atoms with Crippen LogP contribution in [-0.2, 0) is 17.3 Å². The van der Waals surface area contributed by atoms with Crippen molar-refractivity contribution in [2.45, 2.75) is 11.6 Å². The summed E-state index contributed by atoms with van der Waals surface area (Å²) in [7, 11) is -0.988. The third-order valence-electron chi connectivity index (χ3n) is 2.58. The van der Waals surface area contributed by atoms with Gasteiger partial charge < -0.3 is 4.98 Å². The van der Waals surface area contributed by atoms with Gasteiger partial charge >= 0.3 is 0 Å². The quantitative estimate of drug-likeness (QED) is 0.781. The van der Waals surface area contributed by atoms with Crippen LogP contribution in [0.15, 0.2) is 34.3 Å². The molecule has 5 heteroatoms. The molecule has 2 aromatic rings. The summed E-state index contributed by atoms with van der Waals surface area (Å²) in [4.78, 5) is 7.70. The van der Waals surface area contributed by atoms with E-state index in [1.54, 1.807) is 6.26 Å². The van der Waals surface area contributed by atoms with Crippen molar-refractivity contribution in [2.24, 2.45) is 4.99 Å². The van der Waals surface area contributed by atoms with Gasteiger partial charge in [-0.05, 0) is 17.8 Å². The van der Waals surface area contributed by atoms with Crippen molar-refractivity contribution in [2.75, 3.05) is 6.26 Å². The highest BCUT2D eigenvalue weighted by molar-refractivity contribution is 8.33. The van der Waals surface area contributed by atoms with Gasteiger partial charge in [-0.25, -0.2) is 0 Å². The molecule has 1 unspecified atom stereocenters. The summed E-state index contributed by atoms with van der Waals surface area (Å²) in [5.41, 5.74) is 2.34. The van der Waals surface area contributed by atoms with Gasteiger partial charge in [0.15, 0.2) is 4.38 Å². The van der Waals surface area contributed by atoms with Gasteiger partial charge in [0.05, 0.1) is 22.4 Å². The molecule has 16 heavy (non-hydrogen) atoms. The molecule has 0 spiro atoms. The molecule has 1 aromatic heterocycles. The number of nitrogens with zero attached hydrogens (tertiary/aromatic N) is 1. The Morgan fingerprint density at radius 2 is 2.25 bits per heavy atom. The Morgan fingerprint density at radius 1 is 1.44 bits per heavy atom. The average Bonchev–Trinajstić information content (AvgIpc) is 2.66. The van der Waals surface area contributed by atoms with E-state index in [4.69, 9.17) is 0 Å². The molecule has 0 fully saturated rings. The van der Waals surface area contributed by atoms with E-state index in [2.05, 4.69) is 22.1 Å². The SMILES string of the molecule is CS(=O)C1=NCc2c([nH]c3ccccc23)S1. The van der Waals surface area contributed by atoms with Gasteiger partial charge in [0.1, 0.15) is 0 Å². The van der Waals surface area contributed by atoms with E-state index in [0.717, 1.165) is 10.5 Å². The van der Waals surface area contributed by atoms with E-state index in [9.17, 15) is 4.21 Å².